The number of esters is 1. The normalized spacial score (nSPS) is 23.2. The number of hydrazone groups is 1. The van der Waals surface area contributed by atoms with Crippen LogP contribution in [0.5, 0.6) is 0 Å². The minimum atomic E-state index is -0.931. The summed E-state index contributed by atoms with van der Waals surface area (Å²) in [7, 11) is 1.21. The molecule has 3 rings (SSSR count). The largest absolute Gasteiger partial charge is 0.464 e. The van der Waals surface area contributed by atoms with Crippen LogP contribution in [0.2, 0.25) is 0 Å². The molecule has 2 amide bonds. The number of nitrogens with one attached hydrogen (secondary N) is 1. The third kappa shape index (κ3) is 1.82. The molecule has 0 spiro atoms. The van der Waals surface area contributed by atoms with Gasteiger partial charge in [0.15, 0.2) is 5.71 Å². The highest BCUT2D eigenvalue weighted by atomic mass is 16.5. The molecular formula is C15H15N3O4. The Bertz CT molecular complexity index is 725. The van der Waals surface area contributed by atoms with Crippen molar-refractivity contribution in [1.82, 2.24) is 5.43 Å². The molecule has 1 N–H and O–H groups in total. The molecule has 0 unspecified atom stereocenters. The number of carbonyl (C=O) groups excluding carboxylic acids is 3. The van der Waals surface area contributed by atoms with Gasteiger partial charge in [0.25, 0.3) is 5.91 Å². The average molecular weight is 301 g/mol. The quantitative estimate of drug-likeness (QED) is 0.627. The summed E-state index contributed by atoms with van der Waals surface area (Å²) in [4.78, 5) is 38.0. The fourth-order valence-electron chi connectivity index (χ4n) is 2.78. The summed E-state index contributed by atoms with van der Waals surface area (Å²) in [5.74, 6) is -2.51. The van der Waals surface area contributed by atoms with Crippen LogP contribution in [-0.2, 0) is 19.1 Å². The molecule has 0 aliphatic carbocycles. The van der Waals surface area contributed by atoms with Crippen LogP contribution in [-0.4, -0.2) is 36.6 Å². The molecule has 2 aliphatic heterocycles. The van der Waals surface area contributed by atoms with Crippen molar-refractivity contribution >= 4 is 29.2 Å². The van der Waals surface area contributed by atoms with Gasteiger partial charge in [0.2, 0.25) is 5.91 Å². The van der Waals surface area contributed by atoms with Crippen molar-refractivity contribution in [3.05, 3.63) is 29.3 Å². The monoisotopic (exact) mass is 301 g/mol. The highest BCUT2D eigenvalue weighted by molar-refractivity contribution is 6.46. The molecule has 2 heterocycles. The first-order valence-electron chi connectivity index (χ1n) is 6.82. The van der Waals surface area contributed by atoms with Crippen LogP contribution >= 0.6 is 0 Å². The number of hydrogen-bond donors (Lipinski definition) is 1. The van der Waals surface area contributed by atoms with Crippen LogP contribution < -0.4 is 10.3 Å². The number of amides is 2. The van der Waals surface area contributed by atoms with Gasteiger partial charge in [-0.05, 0) is 31.0 Å². The fourth-order valence-corrected chi connectivity index (χ4v) is 2.78. The maximum Gasteiger partial charge on any atom is 0.355 e. The van der Waals surface area contributed by atoms with E-state index in [1.165, 1.54) is 7.11 Å². The summed E-state index contributed by atoms with van der Waals surface area (Å²) in [5.41, 5.74) is 4.88. The maximum absolute atomic E-state index is 12.7. The van der Waals surface area contributed by atoms with E-state index in [9.17, 15) is 14.4 Å². The van der Waals surface area contributed by atoms with Crippen molar-refractivity contribution in [2.24, 2.45) is 11.0 Å². The number of imide groups is 1. The van der Waals surface area contributed by atoms with E-state index in [4.69, 9.17) is 0 Å². The molecule has 114 valence electrons. The zero-order chi connectivity index (χ0) is 16.0. The molecule has 0 bridgehead atoms. The average Bonchev–Trinajstić information content (AvgIpc) is 3.04. The van der Waals surface area contributed by atoms with E-state index in [0.717, 1.165) is 16.0 Å². The first-order chi connectivity index (χ1) is 10.5. The molecule has 1 saturated heterocycles. The third-order valence-corrected chi connectivity index (χ3v) is 4.14. The van der Waals surface area contributed by atoms with Crippen molar-refractivity contribution in [2.75, 3.05) is 12.0 Å². The summed E-state index contributed by atoms with van der Waals surface area (Å²) in [5, 5.41) is 3.78. The zero-order valence-electron chi connectivity index (χ0n) is 12.4. The van der Waals surface area contributed by atoms with E-state index < -0.39 is 29.7 Å². The predicted molar refractivity (Wildman–Crippen MR) is 78.3 cm³/mol. The smallest absolute Gasteiger partial charge is 0.355 e. The molecule has 2 aliphatic rings. The molecule has 22 heavy (non-hydrogen) atoms. The second kappa shape index (κ2) is 4.94. The number of methoxy groups -OCH3 is 1. The van der Waals surface area contributed by atoms with Gasteiger partial charge in [-0.25, -0.2) is 9.69 Å². The van der Waals surface area contributed by atoms with Gasteiger partial charge in [-0.2, -0.15) is 5.10 Å². The second-order valence-electron chi connectivity index (χ2n) is 5.30. The number of rotatable bonds is 2. The molecule has 1 fully saturated rings. The molecule has 7 nitrogen and oxygen atoms in total. The van der Waals surface area contributed by atoms with Crippen LogP contribution in [0.1, 0.15) is 11.1 Å². The number of benzene rings is 1. The van der Waals surface area contributed by atoms with Gasteiger partial charge in [-0.3, -0.25) is 15.0 Å². The van der Waals surface area contributed by atoms with Crippen molar-refractivity contribution in [2.45, 2.75) is 19.9 Å². The number of nitrogens with zero attached hydrogens (tertiary/aromatic N) is 2. The van der Waals surface area contributed by atoms with E-state index in [2.05, 4.69) is 15.3 Å². The SMILES string of the molecule is COC(=O)C1=NN[C@H]2C(=O)N(c3cccc(C)c3C)C(=O)[C@@H]12. The Hall–Kier alpha value is -2.70. The molecule has 1 aromatic rings. The number of carbonyl (C=O) groups is 3. The number of hydrogen-bond acceptors (Lipinski definition) is 6. The van der Waals surface area contributed by atoms with Crippen molar-refractivity contribution < 1.29 is 19.1 Å². The first kappa shape index (κ1) is 14.2. The summed E-state index contributed by atoms with van der Waals surface area (Å²) >= 11 is 0. The summed E-state index contributed by atoms with van der Waals surface area (Å²) in [6.07, 6.45) is 0. The summed E-state index contributed by atoms with van der Waals surface area (Å²) < 4.78 is 4.62. The van der Waals surface area contributed by atoms with E-state index in [1.54, 1.807) is 12.1 Å². The Morgan fingerprint density at radius 3 is 2.68 bits per heavy atom. The van der Waals surface area contributed by atoms with Gasteiger partial charge in [-0.1, -0.05) is 12.1 Å². The second-order valence-corrected chi connectivity index (χ2v) is 5.30. The Morgan fingerprint density at radius 2 is 2.00 bits per heavy atom. The Morgan fingerprint density at radius 1 is 1.27 bits per heavy atom. The molecule has 7 heteroatoms. The van der Waals surface area contributed by atoms with Crippen LogP contribution in [0.15, 0.2) is 23.3 Å². The third-order valence-electron chi connectivity index (χ3n) is 4.14. The highest BCUT2D eigenvalue weighted by Crippen LogP contribution is 2.33. The summed E-state index contributed by atoms with van der Waals surface area (Å²) in [6, 6.07) is 4.56. The molecule has 1 aromatic carbocycles. The molecule has 0 aromatic heterocycles. The van der Waals surface area contributed by atoms with Crippen molar-refractivity contribution in [1.29, 1.82) is 0 Å². The fraction of sp³-hybridized carbons (Fsp3) is 0.333. The minimum absolute atomic E-state index is 0.0568. The Labute approximate surface area is 126 Å². The lowest BCUT2D eigenvalue weighted by atomic mass is 9.99. The van der Waals surface area contributed by atoms with Crippen LogP contribution in [0.4, 0.5) is 5.69 Å². The van der Waals surface area contributed by atoms with Crippen LogP contribution in [0.3, 0.4) is 0 Å². The summed E-state index contributed by atoms with van der Waals surface area (Å²) in [6.45, 7) is 3.76. The van der Waals surface area contributed by atoms with E-state index in [0.29, 0.717) is 5.69 Å². The van der Waals surface area contributed by atoms with Gasteiger partial charge in [0.05, 0.1) is 12.8 Å². The lowest BCUT2D eigenvalue weighted by Gasteiger charge is -2.19. The van der Waals surface area contributed by atoms with E-state index in [1.807, 2.05) is 19.9 Å². The van der Waals surface area contributed by atoms with E-state index >= 15 is 0 Å². The van der Waals surface area contributed by atoms with E-state index in [-0.39, 0.29) is 5.71 Å². The minimum Gasteiger partial charge on any atom is -0.464 e. The number of anilines is 1. The molecule has 2 atom stereocenters. The molecular weight excluding hydrogens is 286 g/mol. The van der Waals surface area contributed by atoms with Crippen molar-refractivity contribution in [3.8, 4) is 0 Å². The zero-order valence-corrected chi connectivity index (χ0v) is 12.4. The lowest BCUT2D eigenvalue weighted by molar-refractivity contribution is -0.133. The number of ether oxygens (including phenoxy) is 1. The Balaban J connectivity index is 2.02. The van der Waals surface area contributed by atoms with Gasteiger partial charge < -0.3 is 4.74 Å². The first-order valence-corrected chi connectivity index (χ1v) is 6.82. The van der Waals surface area contributed by atoms with Crippen LogP contribution in [0, 0.1) is 19.8 Å². The van der Waals surface area contributed by atoms with Gasteiger partial charge >= 0.3 is 5.97 Å². The van der Waals surface area contributed by atoms with Gasteiger partial charge in [0.1, 0.15) is 12.0 Å². The standard InChI is InChI=1S/C15H15N3O4/c1-7-5-4-6-9(8(7)2)18-13(19)10-11(14(18)20)16-17-12(10)15(21)22-3/h4-6,10-11,16H,1-3H3/t10-,11-/m1/s1. The number of aryl methyl sites for hydroxylation is 1. The number of fused-ring (bicyclic) bond motifs is 1. The highest BCUT2D eigenvalue weighted by Gasteiger charge is 2.55. The van der Waals surface area contributed by atoms with Crippen LogP contribution in [0.25, 0.3) is 0 Å². The van der Waals surface area contributed by atoms with Gasteiger partial charge in [0, 0.05) is 0 Å². The Kier molecular flexibility index (Phi) is 3.20. The molecule has 0 saturated carbocycles. The molecule has 0 radical (unpaired) electrons. The predicted octanol–water partition coefficient (Wildman–Crippen LogP) is 0.294. The van der Waals surface area contributed by atoms with Gasteiger partial charge in [-0.15, -0.1) is 0 Å². The van der Waals surface area contributed by atoms with Crippen molar-refractivity contribution in [3.63, 3.8) is 0 Å². The topological polar surface area (TPSA) is 88.1 Å². The maximum atomic E-state index is 12.7. The lowest BCUT2D eigenvalue weighted by Crippen LogP contribution is -2.36.